The number of carbonyl (C=O) groups excluding carboxylic acids is 3. The average molecular weight is 292 g/mol. The van der Waals surface area contributed by atoms with Gasteiger partial charge in [-0.2, -0.15) is 0 Å². The van der Waals surface area contributed by atoms with Gasteiger partial charge in [0.2, 0.25) is 0 Å². The van der Waals surface area contributed by atoms with Gasteiger partial charge in [-0.15, -0.1) is 0 Å². The fourth-order valence-corrected chi connectivity index (χ4v) is 0.637. The van der Waals surface area contributed by atoms with Crippen LogP contribution in [0.25, 0.3) is 0 Å². The van der Waals surface area contributed by atoms with Crippen molar-refractivity contribution in [3.63, 3.8) is 0 Å². The van der Waals surface area contributed by atoms with Gasteiger partial charge in [0.25, 0.3) is 0 Å². The molecule has 1 rings (SSSR count). The quantitative estimate of drug-likeness (QED) is 0.684. The molecule has 84 valence electrons. The number of rotatable bonds is 0. The second kappa shape index (κ2) is 23.1. The first-order chi connectivity index (χ1) is 6.79. The van der Waals surface area contributed by atoms with Crippen molar-refractivity contribution in [2.45, 2.75) is 13.8 Å². The normalized spacial score (nSPS) is 5.73. The van der Waals surface area contributed by atoms with Crippen LogP contribution in [0.1, 0.15) is 11.1 Å². The molecule has 0 unspecified atom stereocenters. The molecule has 0 aliphatic rings. The molecule has 3 nitrogen and oxygen atoms in total. The van der Waals surface area contributed by atoms with Crippen LogP contribution in [-0.4, -0.2) is 20.4 Å². The number of aryl methyl sites for hydroxylation is 2. The molecular weight excluding hydrogens is 276 g/mol. The Hall–Kier alpha value is -1.08. The minimum Gasteiger partial charge on any atom is -0.307 e. The maximum absolute atomic E-state index is 8.00. The predicted octanol–water partition coefficient (Wildman–Crippen LogP) is 1.75. The minimum absolute atomic E-state index is 0. The summed E-state index contributed by atoms with van der Waals surface area (Å²) in [6, 6.07) is 8.48. The van der Waals surface area contributed by atoms with Gasteiger partial charge in [-0.1, -0.05) is 35.4 Å². The van der Waals surface area contributed by atoms with E-state index in [0.717, 1.165) is 0 Å². The topological polar surface area (TPSA) is 51.2 Å². The zero-order chi connectivity index (χ0) is 12.0. The van der Waals surface area contributed by atoms with Gasteiger partial charge in [-0.3, -0.25) is 0 Å². The zero-order valence-corrected chi connectivity index (χ0v) is 11.1. The molecule has 0 aliphatic carbocycles. The summed E-state index contributed by atoms with van der Waals surface area (Å²) >= 11 is 0. The molecule has 0 amide bonds. The minimum atomic E-state index is 0. The van der Waals surface area contributed by atoms with Gasteiger partial charge >= 0.3 is 0 Å². The van der Waals surface area contributed by atoms with Crippen LogP contribution >= 0.6 is 0 Å². The average Bonchev–Trinajstić information content (AvgIpc) is 2.31. The largest absolute Gasteiger partial charge is 0.307 e. The second-order valence-corrected chi connectivity index (χ2v) is 2.15. The van der Waals surface area contributed by atoms with Gasteiger partial charge in [0.1, 0.15) is 20.4 Å². The van der Waals surface area contributed by atoms with Crippen molar-refractivity contribution in [2.75, 3.05) is 0 Å². The van der Waals surface area contributed by atoms with Gasteiger partial charge in [-0.25, -0.2) is 0 Å². The third-order valence-electron chi connectivity index (χ3n) is 1.22. The first kappa shape index (κ1) is 23.6. The number of hydrogen-bond acceptors (Lipinski definition) is 3. The van der Waals surface area contributed by atoms with Crippen LogP contribution in [0.2, 0.25) is 0 Å². The molecule has 0 heterocycles. The van der Waals surface area contributed by atoms with E-state index in [-0.39, 0.29) is 21.1 Å². The van der Waals surface area contributed by atoms with Crippen molar-refractivity contribution < 1.29 is 35.4 Å². The van der Waals surface area contributed by atoms with Crippen LogP contribution in [0.3, 0.4) is 0 Å². The molecule has 0 saturated heterocycles. The van der Waals surface area contributed by atoms with E-state index in [9.17, 15) is 0 Å². The molecular formula is C11H16MoO3. The van der Waals surface area contributed by atoms with Crippen molar-refractivity contribution in [1.82, 2.24) is 0 Å². The van der Waals surface area contributed by atoms with E-state index in [4.69, 9.17) is 14.4 Å². The van der Waals surface area contributed by atoms with Crippen LogP contribution in [0.4, 0.5) is 0 Å². The Morgan fingerprint density at radius 1 is 0.667 bits per heavy atom. The molecule has 15 heavy (non-hydrogen) atoms. The molecule has 0 radical (unpaired) electrons. The smallest absolute Gasteiger partial charge is 0.106 e. The van der Waals surface area contributed by atoms with E-state index in [1.165, 1.54) is 11.1 Å². The maximum Gasteiger partial charge on any atom is 0.106 e. The van der Waals surface area contributed by atoms with Crippen molar-refractivity contribution >= 4 is 20.4 Å². The second-order valence-electron chi connectivity index (χ2n) is 2.15. The van der Waals surface area contributed by atoms with Crippen LogP contribution in [0.15, 0.2) is 24.3 Å². The van der Waals surface area contributed by atoms with E-state index in [1.54, 1.807) is 0 Å². The van der Waals surface area contributed by atoms with Gasteiger partial charge in [0, 0.05) is 21.1 Å². The summed E-state index contributed by atoms with van der Waals surface area (Å²) in [6.45, 7) is 10.2. The van der Waals surface area contributed by atoms with Gasteiger partial charge in [0.15, 0.2) is 0 Å². The standard InChI is InChI=1S/C8H10.3CH2O.Mo/c1-7-3-5-8(2)6-4-7;3*1-2;/h3-6H,1-2H3;3*1H2;. The first-order valence-electron chi connectivity index (χ1n) is 3.69. The van der Waals surface area contributed by atoms with Gasteiger partial charge < -0.3 is 14.4 Å². The van der Waals surface area contributed by atoms with E-state index in [1.807, 2.05) is 20.4 Å². The fraction of sp³-hybridized carbons (Fsp3) is 0.182. The predicted molar refractivity (Wildman–Crippen MR) is 57.3 cm³/mol. The number of hydrogen-bond donors (Lipinski definition) is 0. The summed E-state index contributed by atoms with van der Waals surface area (Å²) in [5, 5.41) is 0. The van der Waals surface area contributed by atoms with Crippen molar-refractivity contribution in [1.29, 1.82) is 0 Å². The summed E-state index contributed by atoms with van der Waals surface area (Å²) in [4.78, 5) is 24.0. The molecule has 0 saturated carbocycles. The molecule has 0 fully saturated rings. The SMILES string of the molecule is C=O.C=O.C=O.Cc1ccc(C)cc1.[Mo]. The molecule has 0 aliphatic heterocycles. The summed E-state index contributed by atoms with van der Waals surface area (Å²) in [6.07, 6.45) is 0. The Kier molecular flexibility index (Phi) is 36.3. The van der Waals surface area contributed by atoms with Gasteiger partial charge in [-0.05, 0) is 13.8 Å². The Labute approximate surface area is 105 Å². The monoisotopic (exact) mass is 294 g/mol. The Balaban J connectivity index is -0.0000000755. The summed E-state index contributed by atoms with van der Waals surface area (Å²) in [5.74, 6) is 0. The van der Waals surface area contributed by atoms with Crippen molar-refractivity contribution in [3.05, 3.63) is 35.4 Å². The fourth-order valence-electron chi connectivity index (χ4n) is 0.637. The van der Waals surface area contributed by atoms with Crippen LogP contribution in [-0.2, 0) is 35.4 Å². The first-order valence-corrected chi connectivity index (χ1v) is 3.69. The molecule has 1 aromatic rings. The van der Waals surface area contributed by atoms with E-state index in [0.29, 0.717) is 0 Å². The molecule has 1 aromatic carbocycles. The Morgan fingerprint density at radius 3 is 0.933 bits per heavy atom. The van der Waals surface area contributed by atoms with Gasteiger partial charge in [0.05, 0.1) is 0 Å². The number of benzene rings is 1. The zero-order valence-electron chi connectivity index (χ0n) is 9.06. The molecule has 0 spiro atoms. The maximum atomic E-state index is 8.00. The summed E-state index contributed by atoms with van der Waals surface area (Å²) in [7, 11) is 0. The Morgan fingerprint density at radius 2 is 0.800 bits per heavy atom. The van der Waals surface area contributed by atoms with Crippen LogP contribution < -0.4 is 0 Å². The molecule has 0 atom stereocenters. The van der Waals surface area contributed by atoms with Crippen LogP contribution in [0, 0.1) is 13.8 Å². The third kappa shape index (κ3) is 19.4. The molecule has 0 N–H and O–H groups in total. The van der Waals surface area contributed by atoms with Crippen LogP contribution in [0.5, 0.6) is 0 Å². The number of carbonyl (C=O) groups is 3. The third-order valence-corrected chi connectivity index (χ3v) is 1.22. The van der Waals surface area contributed by atoms with E-state index in [2.05, 4.69) is 38.1 Å². The molecule has 4 heteroatoms. The molecule has 0 bridgehead atoms. The van der Waals surface area contributed by atoms with E-state index < -0.39 is 0 Å². The Bertz CT molecular complexity index is 186. The summed E-state index contributed by atoms with van der Waals surface area (Å²) < 4.78 is 0. The van der Waals surface area contributed by atoms with Crippen molar-refractivity contribution in [2.24, 2.45) is 0 Å². The van der Waals surface area contributed by atoms with E-state index >= 15 is 0 Å². The summed E-state index contributed by atoms with van der Waals surface area (Å²) in [5.41, 5.74) is 2.66. The molecule has 0 aromatic heterocycles. The van der Waals surface area contributed by atoms with Crippen molar-refractivity contribution in [3.8, 4) is 0 Å².